The first-order valence-corrected chi connectivity index (χ1v) is 8.99. The Morgan fingerprint density at radius 2 is 1.85 bits per heavy atom. The van der Waals surface area contributed by atoms with E-state index >= 15 is 0 Å². The highest BCUT2D eigenvalue weighted by atomic mass is 16.5. The number of hydrogen-bond acceptors (Lipinski definition) is 4. The molecule has 0 spiro atoms. The minimum atomic E-state index is -0.408. The summed E-state index contributed by atoms with van der Waals surface area (Å²) < 4.78 is 10.9. The van der Waals surface area contributed by atoms with Crippen molar-refractivity contribution < 1.29 is 19.1 Å². The highest BCUT2D eigenvalue weighted by Gasteiger charge is 2.36. The molecule has 2 amide bonds. The zero-order valence-electron chi connectivity index (χ0n) is 15.8. The number of methoxy groups -OCH3 is 1. The Morgan fingerprint density at radius 1 is 1.15 bits per heavy atom. The van der Waals surface area contributed by atoms with Gasteiger partial charge >= 0.3 is 0 Å². The number of nitrogens with one attached hydrogen (secondary N) is 1. The van der Waals surface area contributed by atoms with Crippen LogP contribution in [0.25, 0.3) is 0 Å². The molecule has 3 rings (SSSR count). The van der Waals surface area contributed by atoms with E-state index in [0.717, 1.165) is 5.75 Å². The number of carbonyl (C=O) groups is 2. The molecule has 6 heteroatoms. The SMILES string of the molecule is COc1ccccc1N1CC(C(=O)Nc2ccc(OC(C)C)cc2)CC1=O. The monoisotopic (exact) mass is 368 g/mol. The summed E-state index contributed by atoms with van der Waals surface area (Å²) in [4.78, 5) is 26.6. The Hall–Kier alpha value is -3.02. The molecule has 0 aromatic heterocycles. The number of ether oxygens (including phenoxy) is 2. The molecule has 1 fully saturated rings. The van der Waals surface area contributed by atoms with Crippen LogP contribution >= 0.6 is 0 Å². The summed E-state index contributed by atoms with van der Waals surface area (Å²) in [6.07, 6.45) is 0.272. The van der Waals surface area contributed by atoms with Gasteiger partial charge in [0.05, 0.1) is 24.8 Å². The van der Waals surface area contributed by atoms with Crippen molar-refractivity contribution in [3.8, 4) is 11.5 Å². The molecule has 2 aromatic carbocycles. The van der Waals surface area contributed by atoms with E-state index in [1.807, 2.05) is 44.2 Å². The zero-order valence-corrected chi connectivity index (χ0v) is 15.8. The van der Waals surface area contributed by atoms with E-state index in [-0.39, 0.29) is 24.3 Å². The molecular weight excluding hydrogens is 344 g/mol. The second-order valence-electron chi connectivity index (χ2n) is 6.76. The van der Waals surface area contributed by atoms with Gasteiger partial charge in [-0.25, -0.2) is 0 Å². The molecule has 0 bridgehead atoms. The van der Waals surface area contributed by atoms with Crippen molar-refractivity contribution in [1.82, 2.24) is 0 Å². The minimum absolute atomic E-state index is 0.0830. The van der Waals surface area contributed by atoms with Crippen molar-refractivity contribution >= 4 is 23.2 Å². The first-order valence-electron chi connectivity index (χ1n) is 8.99. The Balaban J connectivity index is 1.65. The first kappa shape index (κ1) is 18.8. The Bertz CT molecular complexity index is 817. The molecule has 2 aromatic rings. The Morgan fingerprint density at radius 3 is 2.52 bits per heavy atom. The van der Waals surface area contributed by atoms with Gasteiger partial charge < -0.3 is 19.7 Å². The van der Waals surface area contributed by atoms with Crippen molar-refractivity contribution in [2.24, 2.45) is 5.92 Å². The smallest absolute Gasteiger partial charge is 0.229 e. The van der Waals surface area contributed by atoms with Gasteiger partial charge in [-0.3, -0.25) is 9.59 Å². The summed E-state index contributed by atoms with van der Waals surface area (Å²) in [5.74, 6) is 0.710. The third-order valence-corrected chi connectivity index (χ3v) is 4.37. The summed E-state index contributed by atoms with van der Waals surface area (Å²) in [6, 6.07) is 14.5. The molecule has 142 valence electrons. The molecule has 1 aliphatic heterocycles. The minimum Gasteiger partial charge on any atom is -0.495 e. The number of benzene rings is 2. The van der Waals surface area contributed by atoms with Gasteiger partial charge in [0.25, 0.3) is 0 Å². The standard InChI is InChI=1S/C21H24N2O4/c1-14(2)27-17-10-8-16(9-11-17)22-21(25)15-12-20(24)23(13-15)18-6-4-5-7-19(18)26-3/h4-11,14-15H,12-13H2,1-3H3,(H,22,25). The molecule has 1 N–H and O–H groups in total. The van der Waals surface area contributed by atoms with Gasteiger partial charge in [0, 0.05) is 18.7 Å². The summed E-state index contributed by atoms with van der Waals surface area (Å²) in [5, 5.41) is 2.88. The van der Waals surface area contributed by atoms with Gasteiger partial charge in [0.1, 0.15) is 11.5 Å². The van der Waals surface area contributed by atoms with Crippen LogP contribution in [0.2, 0.25) is 0 Å². The Kier molecular flexibility index (Phi) is 5.64. The molecule has 1 atom stereocenters. The lowest BCUT2D eigenvalue weighted by Crippen LogP contribution is -2.28. The van der Waals surface area contributed by atoms with Crippen LogP contribution in [-0.4, -0.2) is 31.6 Å². The van der Waals surface area contributed by atoms with Gasteiger partial charge in [-0.15, -0.1) is 0 Å². The number of anilines is 2. The predicted molar refractivity (Wildman–Crippen MR) is 104 cm³/mol. The third-order valence-electron chi connectivity index (χ3n) is 4.37. The van der Waals surface area contributed by atoms with E-state index in [9.17, 15) is 9.59 Å². The van der Waals surface area contributed by atoms with Crippen LogP contribution in [-0.2, 0) is 9.59 Å². The van der Waals surface area contributed by atoms with E-state index in [2.05, 4.69) is 5.32 Å². The maximum absolute atomic E-state index is 12.6. The lowest BCUT2D eigenvalue weighted by Gasteiger charge is -2.19. The quantitative estimate of drug-likeness (QED) is 0.848. The topological polar surface area (TPSA) is 67.9 Å². The average Bonchev–Trinajstić information content (AvgIpc) is 3.04. The lowest BCUT2D eigenvalue weighted by molar-refractivity contribution is -0.122. The number of amides is 2. The van der Waals surface area contributed by atoms with Crippen molar-refractivity contribution in [3.05, 3.63) is 48.5 Å². The normalized spacial score (nSPS) is 16.5. The van der Waals surface area contributed by atoms with Crippen LogP contribution in [0, 0.1) is 5.92 Å². The molecular formula is C21H24N2O4. The molecule has 1 heterocycles. The van der Waals surface area contributed by atoms with Crippen molar-refractivity contribution in [2.75, 3.05) is 23.9 Å². The van der Waals surface area contributed by atoms with E-state index in [1.54, 1.807) is 30.2 Å². The van der Waals surface area contributed by atoms with Crippen LogP contribution in [0.3, 0.4) is 0 Å². The zero-order chi connectivity index (χ0) is 19.4. The fourth-order valence-corrected chi connectivity index (χ4v) is 3.10. The molecule has 0 aliphatic carbocycles. The highest BCUT2D eigenvalue weighted by Crippen LogP contribution is 2.33. The Labute approximate surface area is 159 Å². The van der Waals surface area contributed by atoms with E-state index in [4.69, 9.17) is 9.47 Å². The van der Waals surface area contributed by atoms with Crippen LogP contribution in [0.15, 0.2) is 48.5 Å². The van der Waals surface area contributed by atoms with Crippen LogP contribution in [0.5, 0.6) is 11.5 Å². The van der Waals surface area contributed by atoms with Gasteiger partial charge in [-0.05, 0) is 50.2 Å². The van der Waals surface area contributed by atoms with Crippen LogP contribution < -0.4 is 19.7 Å². The van der Waals surface area contributed by atoms with Crippen LogP contribution in [0.4, 0.5) is 11.4 Å². The molecule has 1 aliphatic rings. The fourth-order valence-electron chi connectivity index (χ4n) is 3.10. The summed E-state index contributed by atoms with van der Waals surface area (Å²) in [7, 11) is 1.57. The lowest BCUT2D eigenvalue weighted by atomic mass is 10.1. The van der Waals surface area contributed by atoms with E-state index < -0.39 is 5.92 Å². The number of nitrogens with zero attached hydrogens (tertiary/aromatic N) is 1. The van der Waals surface area contributed by atoms with Gasteiger partial charge in [-0.1, -0.05) is 12.1 Å². The molecule has 0 saturated carbocycles. The number of hydrogen-bond donors (Lipinski definition) is 1. The maximum atomic E-state index is 12.6. The van der Waals surface area contributed by atoms with Crippen molar-refractivity contribution in [1.29, 1.82) is 0 Å². The average molecular weight is 368 g/mol. The fraction of sp³-hybridized carbons (Fsp3) is 0.333. The third kappa shape index (κ3) is 4.39. The van der Waals surface area contributed by atoms with E-state index in [1.165, 1.54) is 0 Å². The van der Waals surface area contributed by atoms with Gasteiger partial charge in [-0.2, -0.15) is 0 Å². The molecule has 1 saturated heterocycles. The first-order chi connectivity index (χ1) is 13.0. The van der Waals surface area contributed by atoms with Crippen LogP contribution in [0.1, 0.15) is 20.3 Å². The highest BCUT2D eigenvalue weighted by molar-refractivity contribution is 6.04. The summed E-state index contributed by atoms with van der Waals surface area (Å²) in [5.41, 5.74) is 1.37. The summed E-state index contributed by atoms with van der Waals surface area (Å²) in [6.45, 7) is 4.25. The molecule has 0 radical (unpaired) electrons. The second kappa shape index (κ2) is 8.12. The predicted octanol–water partition coefficient (Wildman–Crippen LogP) is 3.47. The van der Waals surface area contributed by atoms with Gasteiger partial charge in [0.2, 0.25) is 11.8 Å². The molecule has 1 unspecified atom stereocenters. The number of rotatable bonds is 6. The van der Waals surface area contributed by atoms with Crippen molar-refractivity contribution in [3.63, 3.8) is 0 Å². The molecule has 6 nitrogen and oxygen atoms in total. The number of carbonyl (C=O) groups excluding carboxylic acids is 2. The molecule has 27 heavy (non-hydrogen) atoms. The second-order valence-corrected chi connectivity index (χ2v) is 6.76. The number of para-hydroxylation sites is 2. The summed E-state index contributed by atoms with van der Waals surface area (Å²) >= 11 is 0. The largest absolute Gasteiger partial charge is 0.495 e. The van der Waals surface area contributed by atoms with Crippen molar-refractivity contribution in [2.45, 2.75) is 26.4 Å². The van der Waals surface area contributed by atoms with E-state index in [0.29, 0.717) is 23.7 Å². The maximum Gasteiger partial charge on any atom is 0.229 e. The van der Waals surface area contributed by atoms with Gasteiger partial charge in [0.15, 0.2) is 0 Å².